The Morgan fingerprint density at radius 1 is 1.50 bits per heavy atom. The highest BCUT2D eigenvalue weighted by Gasteiger charge is 2.33. The minimum Gasteiger partial charge on any atom is -0.496 e. The van der Waals surface area contributed by atoms with Gasteiger partial charge in [-0.3, -0.25) is 4.90 Å². The van der Waals surface area contributed by atoms with Gasteiger partial charge >= 0.3 is 0 Å². The van der Waals surface area contributed by atoms with Crippen molar-refractivity contribution in [3.8, 4) is 5.75 Å². The molecule has 1 aliphatic rings. The number of benzene rings is 1. The number of halogens is 1. The molecule has 4 nitrogen and oxygen atoms in total. The topological polar surface area (TPSA) is 47.7 Å². The smallest absolute Gasteiger partial charge is 0.125 e. The lowest BCUT2D eigenvalue weighted by Crippen LogP contribution is -2.50. The predicted molar refractivity (Wildman–Crippen MR) is 81.4 cm³/mol. The van der Waals surface area contributed by atoms with E-state index in [1.165, 1.54) is 0 Å². The molecule has 0 saturated carbocycles. The first-order valence-corrected chi connectivity index (χ1v) is 7.27. The van der Waals surface area contributed by atoms with E-state index in [2.05, 4.69) is 18.7 Å². The predicted octanol–water partition coefficient (Wildman–Crippen LogP) is 2.46. The van der Waals surface area contributed by atoms with Gasteiger partial charge in [0.2, 0.25) is 0 Å². The normalized spacial score (nSPS) is 20.6. The first-order chi connectivity index (χ1) is 9.48. The van der Waals surface area contributed by atoms with Gasteiger partial charge in [0, 0.05) is 30.2 Å². The van der Waals surface area contributed by atoms with E-state index in [-0.39, 0.29) is 11.6 Å². The largest absolute Gasteiger partial charge is 0.496 e. The molecule has 0 aliphatic carbocycles. The van der Waals surface area contributed by atoms with Crippen molar-refractivity contribution in [2.75, 3.05) is 33.4 Å². The Hall–Kier alpha value is -0.810. The average Bonchev–Trinajstić information content (AvgIpc) is 2.40. The quantitative estimate of drug-likeness (QED) is 0.927. The van der Waals surface area contributed by atoms with Crippen LogP contribution in [0.2, 0.25) is 5.02 Å². The molecule has 1 atom stereocenters. The van der Waals surface area contributed by atoms with Crippen LogP contribution in [0.1, 0.15) is 25.5 Å². The summed E-state index contributed by atoms with van der Waals surface area (Å²) in [4.78, 5) is 2.33. The highest BCUT2D eigenvalue weighted by Crippen LogP contribution is 2.36. The minimum absolute atomic E-state index is 0.0434. The molecule has 2 rings (SSSR count). The van der Waals surface area contributed by atoms with Gasteiger partial charge in [0.15, 0.2) is 0 Å². The first kappa shape index (κ1) is 15.6. The third-order valence-electron chi connectivity index (χ3n) is 3.69. The molecule has 0 bridgehead atoms. The van der Waals surface area contributed by atoms with Gasteiger partial charge in [0.05, 0.1) is 25.4 Å². The number of nitrogens with zero attached hydrogens (tertiary/aromatic N) is 1. The zero-order valence-corrected chi connectivity index (χ0v) is 13.1. The van der Waals surface area contributed by atoms with Crippen molar-refractivity contribution in [1.82, 2.24) is 4.90 Å². The fourth-order valence-corrected chi connectivity index (χ4v) is 3.08. The van der Waals surface area contributed by atoms with E-state index in [0.29, 0.717) is 18.2 Å². The van der Waals surface area contributed by atoms with E-state index in [0.717, 1.165) is 24.4 Å². The SMILES string of the molecule is COc1cccc(Cl)c1C(CN)N1CCOC(C)(C)C1. The number of hydrogen-bond donors (Lipinski definition) is 1. The van der Waals surface area contributed by atoms with Crippen LogP contribution in [0.3, 0.4) is 0 Å². The Morgan fingerprint density at radius 3 is 2.85 bits per heavy atom. The lowest BCUT2D eigenvalue weighted by Gasteiger charge is -2.42. The van der Waals surface area contributed by atoms with Gasteiger partial charge in [-0.15, -0.1) is 0 Å². The molecular weight excluding hydrogens is 276 g/mol. The second-order valence-electron chi connectivity index (χ2n) is 5.69. The van der Waals surface area contributed by atoms with E-state index in [1.807, 2.05) is 18.2 Å². The molecule has 0 aromatic heterocycles. The zero-order valence-electron chi connectivity index (χ0n) is 12.4. The molecule has 0 spiro atoms. The van der Waals surface area contributed by atoms with Crippen LogP contribution in [-0.2, 0) is 4.74 Å². The Balaban J connectivity index is 2.33. The first-order valence-electron chi connectivity index (χ1n) is 6.89. The summed E-state index contributed by atoms with van der Waals surface area (Å²) in [5.74, 6) is 0.789. The fourth-order valence-electron chi connectivity index (χ4n) is 2.79. The van der Waals surface area contributed by atoms with Gasteiger partial charge in [-0.25, -0.2) is 0 Å². The summed E-state index contributed by atoms with van der Waals surface area (Å²) in [5, 5.41) is 0.698. The monoisotopic (exact) mass is 298 g/mol. The zero-order chi connectivity index (χ0) is 14.8. The molecule has 2 N–H and O–H groups in total. The van der Waals surface area contributed by atoms with Gasteiger partial charge in [0.25, 0.3) is 0 Å². The molecule has 1 heterocycles. The van der Waals surface area contributed by atoms with E-state index in [1.54, 1.807) is 7.11 Å². The standard InChI is InChI=1S/C15H23ClN2O2/c1-15(2)10-18(7-8-20-15)12(9-17)14-11(16)5-4-6-13(14)19-3/h4-6,12H,7-10,17H2,1-3H3. The maximum atomic E-state index is 6.38. The average molecular weight is 299 g/mol. The van der Waals surface area contributed by atoms with Crippen molar-refractivity contribution in [2.24, 2.45) is 5.73 Å². The highest BCUT2D eigenvalue weighted by molar-refractivity contribution is 6.31. The van der Waals surface area contributed by atoms with Crippen molar-refractivity contribution >= 4 is 11.6 Å². The molecule has 112 valence electrons. The Bertz CT molecular complexity index is 465. The van der Waals surface area contributed by atoms with Crippen molar-refractivity contribution in [3.05, 3.63) is 28.8 Å². The van der Waals surface area contributed by atoms with Crippen molar-refractivity contribution < 1.29 is 9.47 Å². The maximum Gasteiger partial charge on any atom is 0.125 e. The lowest BCUT2D eigenvalue weighted by atomic mass is 10.00. The highest BCUT2D eigenvalue weighted by atomic mass is 35.5. The molecule has 20 heavy (non-hydrogen) atoms. The van der Waals surface area contributed by atoms with E-state index < -0.39 is 0 Å². The van der Waals surface area contributed by atoms with Gasteiger partial charge in [0.1, 0.15) is 5.75 Å². The summed E-state index contributed by atoms with van der Waals surface area (Å²) in [6.07, 6.45) is 0. The van der Waals surface area contributed by atoms with E-state index in [9.17, 15) is 0 Å². The summed E-state index contributed by atoms with van der Waals surface area (Å²) in [6.45, 7) is 7.06. The molecule has 0 amide bonds. The summed E-state index contributed by atoms with van der Waals surface area (Å²) in [6, 6.07) is 5.74. The van der Waals surface area contributed by atoms with Gasteiger partial charge in [-0.2, -0.15) is 0 Å². The van der Waals surface area contributed by atoms with E-state index in [4.69, 9.17) is 26.8 Å². The third kappa shape index (κ3) is 3.26. The van der Waals surface area contributed by atoms with Crippen LogP contribution >= 0.6 is 11.6 Å². The molecule has 1 unspecified atom stereocenters. The molecule has 1 aromatic carbocycles. The van der Waals surface area contributed by atoms with Crippen LogP contribution in [0.5, 0.6) is 5.75 Å². The molecule has 1 fully saturated rings. The molecule has 5 heteroatoms. The van der Waals surface area contributed by atoms with Crippen molar-refractivity contribution in [1.29, 1.82) is 0 Å². The van der Waals surface area contributed by atoms with Crippen LogP contribution < -0.4 is 10.5 Å². The second kappa shape index (κ2) is 6.31. The summed E-state index contributed by atoms with van der Waals surface area (Å²) < 4.78 is 11.2. The molecule has 1 aliphatic heterocycles. The molecule has 1 aromatic rings. The number of morpholine rings is 1. The maximum absolute atomic E-state index is 6.38. The number of hydrogen-bond acceptors (Lipinski definition) is 4. The second-order valence-corrected chi connectivity index (χ2v) is 6.09. The summed E-state index contributed by atoms with van der Waals surface area (Å²) in [5.41, 5.74) is 6.82. The molecule has 0 radical (unpaired) electrons. The Labute approximate surface area is 125 Å². The summed E-state index contributed by atoms with van der Waals surface area (Å²) in [7, 11) is 1.66. The van der Waals surface area contributed by atoms with Crippen LogP contribution in [0, 0.1) is 0 Å². The van der Waals surface area contributed by atoms with Crippen LogP contribution in [0.4, 0.5) is 0 Å². The minimum atomic E-state index is -0.167. The van der Waals surface area contributed by atoms with Crippen LogP contribution in [0.15, 0.2) is 18.2 Å². The lowest BCUT2D eigenvalue weighted by molar-refractivity contribution is -0.0968. The number of nitrogens with two attached hydrogens (primary N) is 1. The number of rotatable bonds is 4. The number of ether oxygens (including phenoxy) is 2. The molecule has 1 saturated heterocycles. The van der Waals surface area contributed by atoms with Crippen LogP contribution in [-0.4, -0.2) is 43.9 Å². The Morgan fingerprint density at radius 2 is 2.25 bits per heavy atom. The molecular formula is C15H23ClN2O2. The summed E-state index contributed by atoms with van der Waals surface area (Å²) >= 11 is 6.38. The number of methoxy groups -OCH3 is 1. The fraction of sp³-hybridized carbons (Fsp3) is 0.600. The Kier molecular flexibility index (Phi) is 4.91. The van der Waals surface area contributed by atoms with Gasteiger partial charge in [-0.05, 0) is 26.0 Å². The van der Waals surface area contributed by atoms with Crippen molar-refractivity contribution in [2.45, 2.75) is 25.5 Å². The van der Waals surface area contributed by atoms with Gasteiger partial charge in [-0.1, -0.05) is 17.7 Å². The van der Waals surface area contributed by atoms with Crippen LogP contribution in [0.25, 0.3) is 0 Å². The third-order valence-corrected chi connectivity index (χ3v) is 4.01. The van der Waals surface area contributed by atoms with E-state index >= 15 is 0 Å². The van der Waals surface area contributed by atoms with Crippen molar-refractivity contribution in [3.63, 3.8) is 0 Å². The van der Waals surface area contributed by atoms with Gasteiger partial charge < -0.3 is 15.2 Å².